The second-order valence-electron chi connectivity index (χ2n) is 12.8. The number of carbonyl (C=O) groups excluding carboxylic acids is 1. The molecule has 3 aliphatic heterocycles. The molecule has 0 radical (unpaired) electrons. The van der Waals surface area contributed by atoms with Gasteiger partial charge in [-0.25, -0.2) is 4.39 Å². The van der Waals surface area contributed by atoms with E-state index in [4.69, 9.17) is 9.47 Å². The molecule has 46 heavy (non-hydrogen) atoms. The zero-order valence-electron chi connectivity index (χ0n) is 27.2. The number of carbonyl (C=O) groups is 1. The fraction of sp³-hybridized carbons (Fsp3) is 0.486. The topological polar surface area (TPSA) is 86.3 Å². The van der Waals surface area contributed by atoms with Crippen LogP contribution in [0.15, 0.2) is 54.6 Å². The van der Waals surface area contributed by atoms with E-state index < -0.39 is 18.0 Å². The molecule has 1 amide bonds. The molecular formula is C37H47FN4O4. The van der Waals surface area contributed by atoms with Gasteiger partial charge in [-0.15, -0.1) is 0 Å². The maximum Gasteiger partial charge on any atom is 0.229 e. The monoisotopic (exact) mass is 630 g/mol. The Kier molecular flexibility index (Phi) is 10.4. The average molecular weight is 631 g/mol. The lowest BCUT2D eigenvalue weighted by molar-refractivity contribution is -0.124. The third kappa shape index (κ3) is 6.99. The van der Waals surface area contributed by atoms with Crippen LogP contribution in [-0.4, -0.2) is 74.6 Å². The number of nitrogens with zero attached hydrogens (tertiary/aromatic N) is 2. The summed E-state index contributed by atoms with van der Waals surface area (Å²) < 4.78 is 26.2. The van der Waals surface area contributed by atoms with Crippen LogP contribution in [0.25, 0.3) is 11.1 Å². The Bertz CT molecular complexity index is 1500. The molecular weight excluding hydrogens is 583 g/mol. The summed E-state index contributed by atoms with van der Waals surface area (Å²) in [6.07, 6.45) is 0.837. The second-order valence-corrected chi connectivity index (χ2v) is 12.8. The number of halogens is 1. The minimum Gasteiger partial charge on any atom is -0.381 e. The van der Waals surface area contributed by atoms with Crippen molar-refractivity contribution in [3.8, 4) is 11.1 Å². The van der Waals surface area contributed by atoms with E-state index >= 15 is 4.39 Å². The molecule has 0 bridgehead atoms. The molecule has 3 aliphatic rings. The van der Waals surface area contributed by atoms with Crippen molar-refractivity contribution in [3.63, 3.8) is 0 Å². The molecule has 2 fully saturated rings. The van der Waals surface area contributed by atoms with Gasteiger partial charge in [0.2, 0.25) is 5.91 Å². The van der Waals surface area contributed by atoms with Crippen LogP contribution in [0.3, 0.4) is 0 Å². The zero-order valence-corrected chi connectivity index (χ0v) is 27.2. The maximum atomic E-state index is 15.0. The van der Waals surface area contributed by atoms with Gasteiger partial charge >= 0.3 is 0 Å². The van der Waals surface area contributed by atoms with Crippen LogP contribution < -0.4 is 15.5 Å². The number of anilines is 1. The molecule has 3 unspecified atom stereocenters. The predicted molar refractivity (Wildman–Crippen MR) is 178 cm³/mol. The van der Waals surface area contributed by atoms with Crippen LogP contribution >= 0.6 is 0 Å². The van der Waals surface area contributed by atoms with Gasteiger partial charge in [0, 0.05) is 68.8 Å². The van der Waals surface area contributed by atoms with Crippen LogP contribution in [0.1, 0.15) is 72.7 Å². The summed E-state index contributed by atoms with van der Waals surface area (Å²) in [6.45, 7) is 12.8. The summed E-state index contributed by atoms with van der Waals surface area (Å²) in [7, 11) is 0. The fourth-order valence-electron chi connectivity index (χ4n) is 7.27. The Morgan fingerprint density at radius 1 is 1.04 bits per heavy atom. The van der Waals surface area contributed by atoms with Crippen molar-refractivity contribution in [2.45, 2.75) is 64.4 Å². The molecule has 2 saturated heterocycles. The van der Waals surface area contributed by atoms with Gasteiger partial charge in [0.05, 0.1) is 25.2 Å². The van der Waals surface area contributed by atoms with Gasteiger partial charge in [-0.2, -0.15) is 0 Å². The molecule has 9 heteroatoms. The van der Waals surface area contributed by atoms with E-state index in [1.54, 1.807) is 6.07 Å². The van der Waals surface area contributed by atoms with E-state index in [9.17, 15) is 9.90 Å². The molecule has 6 rings (SSSR count). The first-order valence-corrected chi connectivity index (χ1v) is 16.7. The van der Waals surface area contributed by atoms with E-state index in [1.165, 1.54) is 11.6 Å². The van der Waals surface area contributed by atoms with Gasteiger partial charge in [-0.05, 0) is 79.6 Å². The van der Waals surface area contributed by atoms with Gasteiger partial charge in [0.15, 0.2) is 0 Å². The van der Waals surface area contributed by atoms with E-state index in [0.717, 1.165) is 99.0 Å². The Morgan fingerprint density at radius 2 is 1.76 bits per heavy atom. The number of amides is 1. The lowest BCUT2D eigenvalue weighted by atomic mass is 9.86. The minimum absolute atomic E-state index is 0.0976. The number of fused-ring (bicyclic) bond motifs is 1. The molecule has 3 aromatic rings. The van der Waals surface area contributed by atoms with Crippen LogP contribution in [0.5, 0.6) is 0 Å². The van der Waals surface area contributed by atoms with E-state index in [-0.39, 0.29) is 18.5 Å². The Hall–Kier alpha value is -3.34. The highest BCUT2D eigenvalue weighted by molar-refractivity contribution is 5.86. The Labute approximate surface area is 271 Å². The van der Waals surface area contributed by atoms with Crippen molar-refractivity contribution in [2.75, 3.05) is 57.5 Å². The molecule has 0 spiro atoms. The number of aliphatic hydroxyl groups excluding tert-OH is 1. The number of ether oxygens (including phenoxy) is 2. The highest BCUT2D eigenvalue weighted by Gasteiger charge is 2.34. The number of benzene rings is 3. The largest absolute Gasteiger partial charge is 0.381 e. The van der Waals surface area contributed by atoms with Gasteiger partial charge in [-0.3, -0.25) is 15.0 Å². The SMILES string of the molecule is CCN(c1cc(-c2ccc(CN3CCOCC3)cc2)cc(C(O)NCC2C(=O)NC(C)c3cccc(F)c32)c1C)C1CCOCC1. The van der Waals surface area contributed by atoms with Crippen molar-refractivity contribution < 1.29 is 23.8 Å². The molecule has 3 aromatic carbocycles. The maximum absolute atomic E-state index is 15.0. The summed E-state index contributed by atoms with van der Waals surface area (Å²) in [5.41, 5.74) is 7.32. The number of nitrogens with one attached hydrogen (secondary N) is 2. The first-order valence-electron chi connectivity index (χ1n) is 16.7. The van der Waals surface area contributed by atoms with Gasteiger partial charge in [0.1, 0.15) is 12.0 Å². The Balaban J connectivity index is 1.30. The standard InChI is InChI=1S/C37H47FN4O4/c1-4-42(29-12-16-45-17-13-29)34-21-28(27-10-8-26(9-11-27)23-41-14-18-46-19-15-41)20-31(24(34)2)36(43)39-22-32-35-30(6-5-7-33(35)38)25(3)40-37(32)44/h5-11,20-21,25,29,32,36,39,43H,4,12-19,22-23H2,1-3H3,(H,40,44). The van der Waals surface area contributed by atoms with Crippen molar-refractivity contribution in [1.82, 2.24) is 15.5 Å². The smallest absolute Gasteiger partial charge is 0.229 e. The van der Waals surface area contributed by atoms with E-state index in [2.05, 4.69) is 64.6 Å². The number of hydrogen-bond donors (Lipinski definition) is 3. The molecule has 3 heterocycles. The van der Waals surface area contributed by atoms with Crippen molar-refractivity contribution >= 4 is 11.6 Å². The lowest BCUT2D eigenvalue weighted by Crippen LogP contribution is -2.43. The third-order valence-electron chi connectivity index (χ3n) is 9.89. The van der Waals surface area contributed by atoms with Crippen LogP contribution in [0, 0.1) is 12.7 Å². The normalized spacial score (nSPS) is 21.5. The van der Waals surface area contributed by atoms with E-state index in [0.29, 0.717) is 11.6 Å². The number of hydrogen-bond acceptors (Lipinski definition) is 7. The quantitative estimate of drug-likeness (QED) is 0.266. The summed E-state index contributed by atoms with van der Waals surface area (Å²) >= 11 is 0. The zero-order chi connectivity index (χ0) is 32.2. The van der Waals surface area contributed by atoms with Crippen molar-refractivity contribution in [2.24, 2.45) is 0 Å². The van der Waals surface area contributed by atoms with E-state index in [1.807, 2.05) is 19.1 Å². The molecule has 3 atom stereocenters. The van der Waals surface area contributed by atoms with Crippen LogP contribution in [0.2, 0.25) is 0 Å². The van der Waals surface area contributed by atoms with Crippen LogP contribution in [0.4, 0.5) is 10.1 Å². The Morgan fingerprint density at radius 3 is 2.48 bits per heavy atom. The molecule has 246 valence electrons. The summed E-state index contributed by atoms with van der Waals surface area (Å²) in [5, 5.41) is 17.8. The summed E-state index contributed by atoms with van der Waals surface area (Å²) in [4.78, 5) is 17.9. The minimum atomic E-state index is -1.06. The number of rotatable bonds is 10. The summed E-state index contributed by atoms with van der Waals surface area (Å²) in [6, 6.07) is 18.0. The van der Waals surface area contributed by atoms with Crippen molar-refractivity contribution in [3.05, 3.63) is 88.2 Å². The first-order chi connectivity index (χ1) is 22.3. The van der Waals surface area contributed by atoms with Crippen molar-refractivity contribution in [1.29, 1.82) is 0 Å². The molecule has 0 saturated carbocycles. The third-order valence-corrected chi connectivity index (χ3v) is 9.89. The lowest BCUT2D eigenvalue weighted by Gasteiger charge is -2.37. The molecule has 0 aromatic heterocycles. The fourth-order valence-corrected chi connectivity index (χ4v) is 7.27. The number of morpholine rings is 1. The van der Waals surface area contributed by atoms with Gasteiger partial charge in [-0.1, -0.05) is 36.4 Å². The highest BCUT2D eigenvalue weighted by Crippen LogP contribution is 2.37. The highest BCUT2D eigenvalue weighted by atomic mass is 19.1. The van der Waals surface area contributed by atoms with Gasteiger partial charge < -0.3 is 24.8 Å². The van der Waals surface area contributed by atoms with Gasteiger partial charge in [0.25, 0.3) is 0 Å². The molecule has 3 N–H and O–H groups in total. The number of aliphatic hydroxyl groups is 1. The predicted octanol–water partition coefficient (Wildman–Crippen LogP) is 5.19. The first kappa shape index (κ1) is 32.6. The second kappa shape index (κ2) is 14.6. The molecule has 0 aliphatic carbocycles. The molecule has 8 nitrogen and oxygen atoms in total. The van der Waals surface area contributed by atoms with Crippen LogP contribution in [-0.2, 0) is 20.8 Å². The average Bonchev–Trinajstić information content (AvgIpc) is 3.07. The summed E-state index contributed by atoms with van der Waals surface area (Å²) in [5.74, 6) is -1.39.